The maximum absolute atomic E-state index is 9.02. The van der Waals surface area contributed by atoms with Crippen molar-refractivity contribution in [2.75, 3.05) is 13.2 Å². The second-order valence-corrected chi connectivity index (χ2v) is 6.79. The first-order chi connectivity index (χ1) is 9.00. The summed E-state index contributed by atoms with van der Waals surface area (Å²) in [6, 6.07) is 9.61. The SMILES string of the molecule is Cc1ccc(C2CC(NCC(C)(C)CCO)C2)cc1. The van der Waals surface area contributed by atoms with Crippen LogP contribution in [0.1, 0.15) is 50.2 Å². The number of aliphatic hydroxyl groups is 1. The van der Waals surface area contributed by atoms with Crippen LogP contribution in [-0.4, -0.2) is 24.3 Å². The van der Waals surface area contributed by atoms with Crippen LogP contribution in [0.25, 0.3) is 0 Å². The second kappa shape index (κ2) is 6.06. The molecule has 0 atom stereocenters. The minimum Gasteiger partial charge on any atom is -0.396 e. The molecule has 0 unspecified atom stereocenters. The molecule has 1 aliphatic carbocycles. The van der Waals surface area contributed by atoms with Crippen molar-refractivity contribution in [3.8, 4) is 0 Å². The lowest BCUT2D eigenvalue weighted by Crippen LogP contribution is -2.44. The molecule has 2 nitrogen and oxygen atoms in total. The van der Waals surface area contributed by atoms with Gasteiger partial charge in [-0.2, -0.15) is 0 Å². The van der Waals surface area contributed by atoms with E-state index in [1.54, 1.807) is 0 Å². The lowest BCUT2D eigenvalue weighted by Gasteiger charge is -2.38. The van der Waals surface area contributed by atoms with Gasteiger partial charge in [0.1, 0.15) is 0 Å². The van der Waals surface area contributed by atoms with Gasteiger partial charge < -0.3 is 10.4 Å². The van der Waals surface area contributed by atoms with Crippen molar-refractivity contribution in [1.29, 1.82) is 0 Å². The Morgan fingerprint density at radius 3 is 2.42 bits per heavy atom. The van der Waals surface area contributed by atoms with E-state index in [-0.39, 0.29) is 12.0 Å². The predicted octanol–water partition coefficient (Wildman–Crippen LogP) is 3.24. The van der Waals surface area contributed by atoms with Crippen LogP contribution in [0, 0.1) is 12.3 Å². The number of nitrogens with one attached hydrogen (secondary N) is 1. The number of hydrogen-bond acceptors (Lipinski definition) is 2. The summed E-state index contributed by atoms with van der Waals surface area (Å²) in [5.74, 6) is 0.735. The molecule has 0 heterocycles. The number of benzene rings is 1. The molecule has 0 bridgehead atoms. The van der Waals surface area contributed by atoms with Crippen molar-refractivity contribution in [3.63, 3.8) is 0 Å². The summed E-state index contributed by atoms with van der Waals surface area (Å²) in [5.41, 5.74) is 3.02. The second-order valence-electron chi connectivity index (χ2n) is 6.79. The molecule has 1 saturated carbocycles. The van der Waals surface area contributed by atoms with Crippen LogP contribution in [0.2, 0.25) is 0 Å². The molecule has 0 saturated heterocycles. The van der Waals surface area contributed by atoms with Gasteiger partial charge in [-0.3, -0.25) is 0 Å². The van der Waals surface area contributed by atoms with Crippen LogP contribution in [0.4, 0.5) is 0 Å². The molecule has 106 valence electrons. The number of aliphatic hydroxyl groups excluding tert-OH is 1. The van der Waals surface area contributed by atoms with E-state index < -0.39 is 0 Å². The molecule has 2 N–H and O–H groups in total. The van der Waals surface area contributed by atoms with Crippen LogP contribution in [0.3, 0.4) is 0 Å². The highest BCUT2D eigenvalue weighted by atomic mass is 16.3. The number of rotatable bonds is 6. The van der Waals surface area contributed by atoms with Gasteiger partial charge in [0.25, 0.3) is 0 Å². The Balaban J connectivity index is 1.73. The van der Waals surface area contributed by atoms with Crippen LogP contribution in [-0.2, 0) is 0 Å². The summed E-state index contributed by atoms with van der Waals surface area (Å²) < 4.78 is 0. The summed E-state index contributed by atoms with van der Waals surface area (Å²) in [6.45, 7) is 7.85. The molecule has 1 aliphatic rings. The zero-order chi connectivity index (χ0) is 13.9. The summed E-state index contributed by atoms with van der Waals surface area (Å²) in [7, 11) is 0. The van der Waals surface area contributed by atoms with Crippen molar-refractivity contribution in [1.82, 2.24) is 5.32 Å². The van der Waals surface area contributed by atoms with Gasteiger partial charge in [-0.05, 0) is 43.1 Å². The smallest absolute Gasteiger partial charge is 0.0436 e. The molecule has 0 aromatic heterocycles. The minimum absolute atomic E-state index is 0.198. The van der Waals surface area contributed by atoms with E-state index >= 15 is 0 Å². The van der Waals surface area contributed by atoms with E-state index in [1.165, 1.54) is 24.0 Å². The Hall–Kier alpha value is -0.860. The lowest BCUT2D eigenvalue weighted by atomic mass is 9.75. The maximum Gasteiger partial charge on any atom is 0.0436 e. The Morgan fingerprint density at radius 2 is 1.84 bits per heavy atom. The maximum atomic E-state index is 9.02. The molecule has 19 heavy (non-hydrogen) atoms. The molecule has 1 fully saturated rings. The fraction of sp³-hybridized carbons (Fsp3) is 0.647. The van der Waals surface area contributed by atoms with Crippen molar-refractivity contribution in [3.05, 3.63) is 35.4 Å². The fourth-order valence-electron chi connectivity index (χ4n) is 2.71. The first-order valence-electron chi connectivity index (χ1n) is 7.41. The Bertz CT molecular complexity index is 390. The largest absolute Gasteiger partial charge is 0.396 e. The average molecular weight is 261 g/mol. The molecule has 2 heteroatoms. The Kier molecular flexibility index (Phi) is 4.64. The molecule has 0 aliphatic heterocycles. The number of aryl methyl sites for hydroxylation is 1. The van der Waals surface area contributed by atoms with Gasteiger partial charge in [-0.15, -0.1) is 0 Å². The van der Waals surface area contributed by atoms with Crippen molar-refractivity contribution < 1.29 is 5.11 Å². The van der Waals surface area contributed by atoms with Crippen LogP contribution >= 0.6 is 0 Å². The van der Waals surface area contributed by atoms with E-state index in [2.05, 4.69) is 50.4 Å². The van der Waals surface area contributed by atoms with Gasteiger partial charge in [-0.25, -0.2) is 0 Å². The molecular formula is C17H27NO. The predicted molar refractivity (Wildman–Crippen MR) is 80.4 cm³/mol. The summed E-state index contributed by atoms with van der Waals surface area (Å²) in [6.07, 6.45) is 3.37. The van der Waals surface area contributed by atoms with Gasteiger partial charge in [0.2, 0.25) is 0 Å². The number of hydrogen-bond donors (Lipinski definition) is 2. The van der Waals surface area contributed by atoms with E-state index in [0.29, 0.717) is 6.04 Å². The quantitative estimate of drug-likeness (QED) is 0.824. The highest BCUT2D eigenvalue weighted by molar-refractivity contribution is 5.26. The summed E-state index contributed by atoms with van der Waals surface area (Å²) >= 11 is 0. The van der Waals surface area contributed by atoms with Crippen molar-refractivity contribution in [2.24, 2.45) is 5.41 Å². The van der Waals surface area contributed by atoms with Crippen LogP contribution < -0.4 is 5.32 Å². The van der Waals surface area contributed by atoms with Gasteiger partial charge >= 0.3 is 0 Å². The molecule has 0 radical (unpaired) electrons. The monoisotopic (exact) mass is 261 g/mol. The molecule has 1 aromatic rings. The Labute approximate surface area is 117 Å². The minimum atomic E-state index is 0.198. The Morgan fingerprint density at radius 1 is 1.21 bits per heavy atom. The summed E-state index contributed by atoms with van der Waals surface area (Å²) in [4.78, 5) is 0. The third kappa shape index (κ3) is 4.05. The van der Waals surface area contributed by atoms with E-state index in [1.807, 2.05) is 0 Å². The van der Waals surface area contributed by atoms with Gasteiger partial charge in [-0.1, -0.05) is 43.7 Å². The van der Waals surface area contributed by atoms with E-state index in [9.17, 15) is 0 Å². The molecule has 2 rings (SSSR count). The molecule has 0 amide bonds. The van der Waals surface area contributed by atoms with Crippen LogP contribution in [0.5, 0.6) is 0 Å². The van der Waals surface area contributed by atoms with Crippen molar-refractivity contribution >= 4 is 0 Å². The third-order valence-electron chi connectivity index (χ3n) is 4.34. The zero-order valence-electron chi connectivity index (χ0n) is 12.4. The van der Waals surface area contributed by atoms with Crippen LogP contribution in [0.15, 0.2) is 24.3 Å². The third-order valence-corrected chi connectivity index (χ3v) is 4.34. The van der Waals surface area contributed by atoms with Gasteiger partial charge in [0.05, 0.1) is 0 Å². The topological polar surface area (TPSA) is 32.3 Å². The highest BCUT2D eigenvalue weighted by Gasteiger charge is 2.31. The van der Waals surface area contributed by atoms with Gasteiger partial charge in [0.15, 0.2) is 0 Å². The zero-order valence-corrected chi connectivity index (χ0v) is 12.4. The first-order valence-corrected chi connectivity index (χ1v) is 7.41. The standard InChI is InChI=1S/C17H27NO/c1-13-4-6-14(7-5-13)15-10-16(11-15)18-12-17(2,3)8-9-19/h4-7,15-16,18-19H,8-12H2,1-3H3. The molecule has 1 aromatic carbocycles. The normalized spacial score (nSPS) is 23.2. The average Bonchev–Trinajstić information content (AvgIpc) is 2.29. The summed E-state index contributed by atoms with van der Waals surface area (Å²) in [5, 5.41) is 12.7. The van der Waals surface area contributed by atoms with E-state index in [4.69, 9.17) is 5.11 Å². The molecule has 0 spiro atoms. The first kappa shape index (κ1) is 14.5. The van der Waals surface area contributed by atoms with Gasteiger partial charge in [0, 0.05) is 19.2 Å². The van der Waals surface area contributed by atoms with Crippen molar-refractivity contribution in [2.45, 2.75) is 52.0 Å². The van der Waals surface area contributed by atoms with E-state index in [0.717, 1.165) is 18.9 Å². The highest BCUT2D eigenvalue weighted by Crippen LogP contribution is 2.37. The fourth-order valence-corrected chi connectivity index (χ4v) is 2.71. The molecular weight excluding hydrogens is 234 g/mol. The lowest BCUT2D eigenvalue weighted by molar-refractivity contribution is 0.187.